The molecule has 280 valence electrons. The summed E-state index contributed by atoms with van der Waals surface area (Å²) in [7, 11) is 2.09. The Morgan fingerprint density at radius 1 is 1.00 bits per heavy atom. The molecule has 13 nitrogen and oxygen atoms in total. The second-order valence-corrected chi connectivity index (χ2v) is 15.5. The molecule has 2 fully saturated rings. The monoisotopic (exact) mass is 746 g/mol. The molecular weight excluding hydrogens is 703 g/mol. The van der Waals surface area contributed by atoms with Crippen molar-refractivity contribution in [3.63, 3.8) is 0 Å². The van der Waals surface area contributed by atoms with Crippen LogP contribution in [0.25, 0.3) is 10.9 Å². The Bertz CT molecular complexity index is 2070. The van der Waals surface area contributed by atoms with Crippen molar-refractivity contribution in [2.24, 2.45) is 0 Å². The van der Waals surface area contributed by atoms with Crippen LogP contribution in [-0.4, -0.2) is 100 Å². The van der Waals surface area contributed by atoms with Gasteiger partial charge in [-0.15, -0.1) is 0 Å². The maximum Gasteiger partial charge on any atom is 0.410 e. The summed E-state index contributed by atoms with van der Waals surface area (Å²) in [6, 6.07) is 7.39. The number of anilines is 2. The van der Waals surface area contributed by atoms with Crippen LogP contribution in [0.1, 0.15) is 73.3 Å². The van der Waals surface area contributed by atoms with Crippen molar-refractivity contribution in [3.8, 4) is 11.8 Å². The minimum Gasteiger partial charge on any atom is -0.444 e. The number of halogens is 2. The predicted molar refractivity (Wildman–Crippen MR) is 198 cm³/mol. The molecule has 4 aliphatic rings. The molecule has 0 aliphatic carbocycles. The van der Waals surface area contributed by atoms with E-state index < -0.39 is 17.3 Å². The lowest BCUT2D eigenvalue weighted by Gasteiger charge is -2.36. The van der Waals surface area contributed by atoms with Crippen LogP contribution in [0.4, 0.5) is 20.8 Å². The number of hydrogen-bond acceptors (Lipinski definition) is 10. The number of carbonyl (C=O) groups excluding carboxylic acids is 2. The van der Waals surface area contributed by atoms with Crippen LogP contribution in [0.15, 0.2) is 30.5 Å². The van der Waals surface area contributed by atoms with E-state index in [1.165, 1.54) is 16.5 Å². The number of amides is 2. The summed E-state index contributed by atoms with van der Waals surface area (Å²) in [5, 5.41) is 4.70. The van der Waals surface area contributed by atoms with E-state index in [0.29, 0.717) is 67.5 Å². The number of piperazine rings is 1. The molecule has 4 aliphatic heterocycles. The SMILES string of the molecule is CN1CCc2c(cccc2Oc2nc(N3CCN(C(=O)OC(C)(C)C)CC3)c3c(n2)N(C(=O)c2c(Cl)c(F)cc4c2cnn4C2CCCCO2)CC3)C1. The van der Waals surface area contributed by atoms with Crippen molar-refractivity contribution in [2.75, 3.05) is 62.7 Å². The number of hydrogen-bond donors (Lipinski definition) is 0. The summed E-state index contributed by atoms with van der Waals surface area (Å²) in [6.45, 7) is 9.94. The van der Waals surface area contributed by atoms with Gasteiger partial charge in [0.2, 0.25) is 0 Å². The molecule has 2 aromatic heterocycles. The molecule has 8 rings (SSSR count). The normalized spacial score (nSPS) is 19.4. The third-order valence-corrected chi connectivity index (χ3v) is 10.7. The minimum atomic E-state index is -0.714. The molecule has 2 amide bonds. The first-order valence-corrected chi connectivity index (χ1v) is 18.7. The predicted octanol–water partition coefficient (Wildman–Crippen LogP) is 6.36. The molecular formula is C38H44ClFN8O5. The molecule has 2 aromatic carbocycles. The van der Waals surface area contributed by atoms with Gasteiger partial charge >= 0.3 is 12.1 Å². The molecule has 1 atom stereocenters. The van der Waals surface area contributed by atoms with Crippen molar-refractivity contribution in [1.29, 1.82) is 0 Å². The van der Waals surface area contributed by atoms with E-state index in [2.05, 4.69) is 28.0 Å². The average molecular weight is 747 g/mol. The number of rotatable bonds is 5. The fourth-order valence-electron chi connectivity index (χ4n) is 7.68. The molecule has 0 spiro atoms. The zero-order chi connectivity index (χ0) is 37.0. The second-order valence-electron chi connectivity index (χ2n) is 15.2. The van der Waals surface area contributed by atoms with E-state index in [0.717, 1.165) is 49.9 Å². The Balaban J connectivity index is 1.16. The Kier molecular flexibility index (Phi) is 9.40. The fourth-order valence-corrected chi connectivity index (χ4v) is 7.92. The van der Waals surface area contributed by atoms with Gasteiger partial charge in [-0.2, -0.15) is 15.1 Å². The van der Waals surface area contributed by atoms with Crippen molar-refractivity contribution in [1.82, 2.24) is 29.5 Å². The quantitative estimate of drug-likeness (QED) is 0.228. The molecule has 53 heavy (non-hydrogen) atoms. The van der Waals surface area contributed by atoms with E-state index in [-0.39, 0.29) is 35.5 Å². The first-order valence-electron chi connectivity index (χ1n) is 18.3. The number of carbonyl (C=O) groups is 2. The molecule has 0 N–H and O–H groups in total. The number of benzene rings is 2. The first kappa shape index (κ1) is 35.5. The molecule has 0 bridgehead atoms. The van der Waals surface area contributed by atoms with Crippen LogP contribution in [-0.2, 0) is 28.9 Å². The molecule has 0 radical (unpaired) electrons. The highest BCUT2D eigenvalue weighted by molar-refractivity contribution is 6.36. The summed E-state index contributed by atoms with van der Waals surface area (Å²) in [4.78, 5) is 44.9. The number of likely N-dealkylation sites (N-methyl/N-ethyl adjacent to an activating group) is 1. The molecule has 4 aromatic rings. The Labute approximate surface area is 312 Å². The van der Waals surface area contributed by atoms with E-state index in [1.54, 1.807) is 15.8 Å². The van der Waals surface area contributed by atoms with Crippen LogP contribution in [0.3, 0.4) is 0 Å². The minimum absolute atomic E-state index is 0.0198. The fraction of sp³-hybridized carbons (Fsp3) is 0.500. The van der Waals surface area contributed by atoms with Gasteiger partial charge in [-0.3, -0.25) is 9.69 Å². The maximum absolute atomic E-state index is 15.6. The topological polar surface area (TPSA) is 118 Å². The van der Waals surface area contributed by atoms with Gasteiger partial charge in [0.1, 0.15) is 28.8 Å². The number of ether oxygens (including phenoxy) is 3. The summed E-state index contributed by atoms with van der Waals surface area (Å²) >= 11 is 6.61. The number of nitrogens with zero attached hydrogens (tertiary/aromatic N) is 8. The Hall–Kier alpha value is -4.53. The zero-order valence-electron chi connectivity index (χ0n) is 30.5. The van der Waals surface area contributed by atoms with Crippen molar-refractivity contribution in [2.45, 2.75) is 71.2 Å². The summed E-state index contributed by atoms with van der Waals surface area (Å²) in [5.74, 6) is 0.471. The van der Waals surface area contributed by atoms with E-state index in [4.69, 9.17) is 35.8 Å². The molecule has 0 saturated carbocycles. The maximum atomic E-state index is 15.6. The van der Waals surface area contributed by atoms with Gasteiger partial charge in [0.05, 0.1) is 22.3 Å². The van der Waals surface area contributed by atoms with E-state index in [1.807, 2.05) is 32.9 Å². The highest BCUT2D eigenvalue weighted by atomic mass is 35.5. The standard InChI is InChI=1S/C38H44ClFN8O5/c1-38(2,3)53-37(50)46-17-15-45(16-18-46)33-25-12-14-47(34(25)43-36(42-33)52-29-9-7-8-23-22-44(4)13-11-24(23)29)35(49)31-26-21-41-48(30-10-5-6-19-51-30)28(26)20-27(40)32(31)39/h7-9,20-21,30H,5-6,10-19,22H2,1-4H3. The van der Waals surface area contributed by atoms with Gasteiger partial charge in [0.15, 0.2) is 6.23 Å². The van der Waals surface area contributed by atoms with Crippen LogP contribution in [0, 0.1) is 5.82 Å². The van der Waals surface area contributed by atoms with Crippen molar-refractivity contribution >= 4 is 46.1 Å². The Morgan fingerprint density at radius 3 is 2.53 bits per heavy atom. The first-order chi connectivity index (χ1) is 25.4. The van der Waals surface area contributed by atoms with Gasteiger partial charge in [-0.1, -0.05) is 23.7 Å². The molecule has 2 saturated heterocycles. The smallest absolute Gasteiger partial charge is 0.410 e. The van der Waals surface area contributed by atoms with Crippen LogP contribution < -0.4 is 14.5 Å². The van der Waals surface area contributed by atoms with Crippen molar-refractivity contribution in [3.05, 3.63) is 63.6 Å². The van der Waals surface area contributed by atoms with Gasteiger partial charge in [-0.05, 0) is 71.6 Å². The average Bonchev–Trinajstić information content (AvgIpc) is 3.76. The van der Waals surface area contributed by atoms with Crippen LogP contribution >= 0.6 is 11.6 Å². The number of fused-ring (bicyclic) bond motifs is 3. The lowest BCUT2D eigenvalue weighted by molar-refractivity contribution is -0.0367. The van der Waals surface area contributed by atoms with Crippen molar-refractivity contribution < 1.29 is 28.2 Å². The van der Waals surface area contributed by atoms with E-state index >= 15 is 4.39 Å². The van der Waals surface area contributed by atoms with E-state index in [9.17, 15) is 9.59 Å². The van der Waals surface area contributed by atoms with Gasteiger partial charge in [-0.25, -0.2) is 13.9 Å². The van der Waals surface area contributed by atoms with Gasteiger partial charge in [0, 0.05) is 75.0 Å². The zero-order valence-corrected chi connectivity index (χ0v) is 31.3. The van der Waals surface area contributed by atoms with Crippen LogP contribution in [0.5, 0.6) is 11.8 Å². The highest BCUT2D eigenvalue weighted by Crippen LogP contribution is 2.40. The summed E-state index contributed by atoms with van der Waals surface area (Å²) < 4.78 is 35.3. The summed E-state index contributed by atoms with van der Waals surface area (Å²) in [6.07, 6.45) is 4.76. The lowest BCUT2D eigenvalue weighted by atomic mass is 9.99. The Morgan fingerprint density at radius 2 is 1.77 bits per heavy atom. The van der Waals surface area contributed by atoms with Crippen LogP contribution in [0.2, 0.25) is 5.02 Å². The molecule has 6 heterocycles. The summed E-state index contributed by atoms with van der Waals surface area (Å²) in [5.41, 5.74) is 2.90. The molecule has 1 unspecified atom stereocenters. The van der Waals surface area contributed by atoms with Gasteiger partial charge < -0.3 is 28.9 Å². The number of aromatic nitrogens is 4. The van der Waals surface area contributed by atoms with Gasteiger partial charge in [0.25, 0.3) is 5.91 Å². The largest absolute Gasteiger partial charge is 0.444 e. The highest BCUT2D eigenvalue weighted by Gasteiger charge is 2.37. The molecule has 15 heteroatoms. The lowest BCUT2D eigenvalue weighted by Crippen LogP contribution is -2.50. The third-order valence-electron chi connectivity index (χ3n) is 10.3. The second kappa shape index (κ2) is 14.0. The third kappa shape index (κ3) is 6.88.